The summed E-state index contributed by atoms with van der Waals surface area (Å²) in [5.74, 6) is 0. The highest BCUT2D eigenvalue weighted by atomic mass is 16.7. The summed E-state index contributed by atoms with van der Waals surface area (Å²) in [4.78, 5) is 0. The second-order valence-corrected chi connectivity index (χ2v) is 5.92. The van der Waals surface area contributed by atoms with E-state index in [1.54, 1.807) is 7.11 Å². The molecule has 0 aliphatic carbocycles. The minimum absolute atomic E-state index is 0.00967. The third kappa shape index (κ3) is 8.93. The highest BCUT2D eigenvalue weighted by molar-refractivity contribution is 4.62. The van der Waals surface area contributed by atoms with Crippen LogP contribution >= 0.6 is 0 Å². The first-order chi connectivity index (χ1) is 9.86. The Kier molecular flexibility index (Phi) is 11.3. The molecule has 1 saturated heterocycles. The van der Waals surface area contributed by atoms with E-state index in [2.05, 4.69) is 6.92 Å². The van der Waals surface area contributed by atoms with Gasteiger partial charge in [0.25, 0.3) is 0 Å². The van der Waals surface area contributed by atoms with Gasteiger partial charge in [-0.25, -0.2) is 0 Å². The fourth-order valence-electron chi connectivity index (χ4n) is 2.63. The summed E-state index contributed by atoms with van der Waals surface area (Å²) >= 11 is 0. The molecule has 0 aromatic carbocycles. The molecule has 120 valence electrons. The standard InChI is InChI=1S/C17H34O3/c1-3-4-5-6-7-8-9-10-11-12-13-17-19-14-16(18-2)15-20-17/h16-17H,3-15H2,1-2H3. The van der Waals surface area contributed by atoms with Crippen molar-refractivity contribution < 1.29 is 14.2 Å². The third-order valence-corrected chi connectivity index (χ3v) is 4.06. The van der Waals surface area contributed by atoms with Gasteiger partial charge in [0, 0.05) is 7.11 Å². The summed E-state index contributed by atoms with van der Waals surface area (Å²) in [6, 6.07) is 0. The quantitative estimate of drug-likeness (QED) is 0.487. The van der Waals surface area contributed by atoms with Crippen molar-refractivity contribution in [1.29, 1.82) is 0 Å². The molecule has 20 heavy (non-hydrogen) atoms. The molecule has 0 spiro atoms. The fourth-order valence-corrected chi connectivity index (χ4v) is 2.63. The third-order valence-electron chi connectivity index (χ3n) is 4.06. The van der Waals surface area contributed by atoms with E-state index in [4.69, 9.17) is 14.2 Å². The predicted octanol–water partition coefficient (Wildman–Crippen LogP) is 4.69. The van der Waals surface area contributed by atoms with E-state index in [9.17, 15) is 0 Å². The van der Waals surface area contributed by atoms with Crippen LogP contribution in [0.15, 0.2) is 0 Å². The molecule has 3 heteroatoms. The van der Waals surface area contributed by atoms with E-state index in [0.29, 0.717) is 13.2 Å². The number of unbranched alkanes of at least 4 members (excludes halogenated alkanes) is 9. The van der Waals surface area contributed by atoms with Crippen LogP contribution < -0.4 is 0 Å². The SMILES string of the molecule is CCCCCCCCCCCCC1OCC(OC)CO1. The predicted molar refractivity (Wildman–Crippen MR) is 83.0 cm³/mol. The van der Waals surface area contributed by atoms with Crippen molar-refractivity contribution in [3.8, 4) is 0 Å². The van der Waals surface area contributed by atoms with Gasteiger partial charge >= 0.3 is 0 Å². The second-order valence-electron chi connectivity index (χ2n) is 5.92. The van der Waals surface area contributed by atoms with Gasteiger partial charge in [0.1, 0.15) is 6.10 Å². The minimum Gasteiger partial charge on any atom is -0.377 e. The average Bonchev–Trinajstić information content (AvgIpc) is 2.50. The summed E-state index contributed by atoms with van der Waals surface area (Å²) in [5, 5.41) is 0. The van der Waals surface area contributed by atoms with Gasteiger partial charge in [0.15, 0.2) is 6.29 Å². The van der Waals surface area contributed by atoms with Crippen LogP contribution in [0.2, 0.25) is 0 Å². The Morgan fingerprint density at radius 2 is 1.30 bits per heavy atom. The topological polar surface area (TPSA) is 27.7 Å². The van der Waals surface area contributed by atoms with Crippen LogP contribution in [-0.2, 0) is 14.2 Å². The molecule has 0 saturated carbocycles. The summed E-state index contributed by atoms with van der Waals surface area (Å²) < 4.78 is 16.4. The van der Waals surface area contributed by atoms with Crippen molar-refractivity contribution in [2.24, 2.45) is 0 Å². The van der Waals surface area contributed by atoms with Gasteiger partial charge in [-0.05, 0) is 12.8 Å². The number of hydrogen-bond donors (Lipinski definition) is 0. The van der Waals surface area contributed by atoms with Gasteiger partial charge in [0.2, 0.25) is 0 Å². The molecule has 1 heterocycles. The van der Waals surface area contributed by atoms with Gasteiger partial charge in [0.05, 0.1) is 13.2 Å². The van der Waals surface area contributed by atoms with Gasteiger partial charge in [-0.15, -0.1) is 0 Å². The maximum Gasteiger partial charge on any atom is 0.157 e. The van der Waals surface area contributed by atoms with Crippen molar-refractivity contribution in [1.82, 2.24) is 0 Å². The maximum atomic E-state index is 5.62. The van der Waals surface area contributed by atoms with Crippen LogP contribution in [0.5, 0.6) is 0 Å². The highest BCUT2D eigenvalue weighted by Crippen LogP contribution is 2.16. The van der Waals surface area contributed by atoms with E-state index < -0.39 is 0 Å². The van der Waals surface area contributed by atoms with Crippen LogP contribution in [0.3, 0.4) is 0 Å². The Morgan fingerprint density at radius 1 is 0.800 bits per heavy atom. The van der Waals surface area contributed by atoms with Crippen LogP contribution in [0.25, 0.3) is 0 Å². The van der Waals surface area contributed by atoms with Crippen LogP contribution in [0, 0.1) is 0 Å². The molecule has 1 aliphatic rings. The molecule has 1 rings (SSSR count). The maximum absolute atomic E-state index is 5.62. The Morgan fingerprint density at radius 3 is 1.80 bits per heavy atom. The van der Waals surface area contributed by atoms with E-state index in [0.717, 1.165) is 6.42 Å². The monoisotopic (exact) mass is 286 g/mol. The molecule has 0 amide bonds. The van der Waals surface area contributed by atoms with E-state index >= 15 is 0 Å². The normalized spacial score (nSPS) is 23.1. The molecule has 0 radical (unpaired) electrons. The van der Waals surface area contributed by atoms with Crippen molar-refractivity contribution in [3.05, 3.63) is 0 Å². The molecule has 0 unspecified atom stereocenters. The van der Waals surface area contributed by atoms with Crippen molar-refractivity contribution in [2.75, 3.05) is 20.3 Å². The van der Waals surface area contributed by atoms with Gasteiger partial charge < -0.3 is 14.2 Å². The lowest BCUT2D eigenvalue weighted by molar-refractivity contribution is -0.223. The van der Waals surface area contributed by atoms with Gasteiger partial charge in [-0.1, -0.05) is 64.7 Å². The lowest BCUT2D eigenvalue weighted by atomic mass is 10.1. The van der Waals surface area contributed by atoms with E-state index in [1.165, 1.54) is 64.2 Å². The number of methoxy groups -OCH3 is 1. The Balaban J connectivity index is 1.79. The number of hydrogen-bond acceptors (Lipinski definition) is 3. The van der Waals surface area contributed by atoms with Gasteiger partial charge in [-0.3, -0.25) is 0 Å². The molecule has 0 bridgehead atoms. The van der Waals surface area contributed by atoms with E-state index in [1.807, 2.05) is 0 Å². The summed E-state index contributed by atoms with van der Waals surface area (Å²) in [5.41, 5.74) is 0. The fraction of sp³-hybridized carbons (Fsp3) is 1.00. The van der Waals surface area contributed by atoms with Crippen LogP contribution in [0.1, 0.15) is 77.6 Å². The first-order valence-electron chi connectivity index (χ1n) is 8.62. The molecule has 1 fully saturated rings. The average molecular weight is 286 g/mol. The summed E-state index contributed by atoms with van der Waals surface area (Å²) in [6.07, 6.45) is 14.9. The molecule has 3 nitrogen and oxygen atoms in total. The first kappa shape index (κ1) is 17.9. The summed E-state index contributed by atoms with van der Waals surface area (Å²) in [7, 11) is 1.71. The Bertz CT molecular complexity index is 200. The van der Waals surface area contributed by atoms with Crippen molar-refractivity contribution >= 4 is 0 Å². The van der Waals surface area contributed by atoms with E-state index in [-0.39, 0.29) is 12.4 Å². The molecular weight excluding hydrogens is 252 g/mol. The molecule has 0 aromatic heterocycles. The molecular formula is C17H34O3. The van der Waals surface area contributed by atoms with Crippen LogP contribution in [-0.4, -0.2) is 32.7 Å². The smallest absolute Gasteiger partial charge is 0.157 e. The van der Waals surface area contributed by atoms with Crippen LogP contribution in [0.4, 0.5) is 0 Å². The molecule has 0 aromatic rings. The Labute approximate surface area is 125 Å². The summed E-state index contributed by atoms with van der Waals surface area (Å²) in [6.45, 7) is 3.63. The zero-order valence-corrected chi connectivity index (χ0v) is 13.6. The zero-order chi connectivity index (χ0) is 14.5. The highest BCUT2D eigenvalue weighted by Gasteiger charge is 2.21. The molecule has 0 atom stereocenters. The Hall–Kier alpha value is -0.120. The van der Waals surface area contributed by atoms with Crippen molar-refractivity contribution in [3.63, 3.8) is 0 Å². The second kappa shape index (κ2) is 12.6. The van der Waals surface area contributed by atoms with Crippen molar-refractivity contribution in [2.45, 2.75) is 89.9 Å². The lowest BCUT2D eigenvalue weighted by Crippen LogP contribution is -2.36. The largest absolute Gasteiger partial charge is 0.377 e. The molecule has 1 aliphatic heterocycles. The number of ether oxygens (including phenoxy) is 3. The molecule has 0 N–H and O–H groups in total. The van der Waals surface area contributed by atoms with Gasteiger partial charge in [-0.2, -0.15) is 0 Å². The number of rotatable bonds is 12. The lowest BCUT2D eigenvalue weighted by Gasteiger charge is -2.28. The zero-order valence-electron chi connectivity index (χ0n) is 13.6. The minimum atomic E-state index is 0.00967. The first-order valence-corrected chi connectivity index (χ1v) is 8.62.